The number of nitrogens with zero attached hydrogens (tertiary/aromatic N) is 1. The van der Waals surface area contributed by atoms with E-state index < -0.39 is 8.68 Å². The van der Waals surface area contributed by atoms with E-state index in [0.717, 1.165) is 21.7 Å². The zero-order chi connectivity index (χ0) is 18.1. The van der Waals surface area contributed by atoms with Gasteiger partial charge < -0.3 is 14.3 Å². The highest BCUT2D eigenvalue weighted by Gasteiger charge is 2.15. The van der Waals surface area contributed by atoms with Gasteiger partial charge in [-0.2, -0.15) is 0 Å². The van der Waals surface area contributed by atoms with E-state index in [1.54, 1.807) is 38.0 Å². The van der Waals surface area contributed by atoms with E-state index in [1.807, 2.05) is 24.3 Å². The molecule has 1 aromatic heterocycles. The van der Waals surface area contributed by atoms with Crippen LogP contribution in [0, 0.1) is 0 Å². The summed E-state index contributed by atoms with van der Waals surface area (Å²) in [5.74, 6) is -0.188. The minimum Gasteiger partial charge on any atom is -0.383 e. The third kappa shape index (κ3) is 3.21. The number of rotatable bonds is 3. The molecule has 0 radical (unpaired) electrons. The summed E-state index contributed by atoms with van der Waals surface area (Å²) < 4.78 is 13.5. The number of carbonyl (C=O) groups is 1. The number of aromatic nitrogens is 1. The molecule has 0 bridgehead atoms. The topological polar surface area (TPSA) is 68.2 Å². The lowest BCUT2D eigenvalue weighted by Crippen LogP contribution is -2.19. The van der Waals surface area contributed by atoms with E-state index >= 15 is 0 Å². The summed E-state index contributed by atoms with van der Waals surface area (Å²) in [4.78, 5) is 24.0. The molecule has 0 aliphatic carbocycles. The third-order valence-corrected chi connectivity index (χ3v) is 5.24. The Morgan fingerprint density at radius 3 is 2.40 bits per heavy atom. The molecule has 5 nitrogen and oxygen atoms in total. The Morgan fingerprint density at radius 2 is 1.76 bits per heavy atom. The Kier molecular flexibility index (Phi) is 4.46. The van der Waals surface area contributed by atoms with Crippen LogP contribution in [-0.4, -0.2) is 19.2 Å². The van der Waals surface area contributed by atoms with Crippen LogP contribution in [0.5, 0.6) is 0 Å². The van der Waals surface area contributed by atoms with E-state index in [1.165, 1.54) is 11.5 Å². The molecule has 6 heteroatoms. The molecule has 0 aliphatic heterocycles. The predicted octanol–water partition coefficient (Wildman–Crippen LogP) is 2.42. The predicted molar refractivity (Wildman–Crippen MR) is 101 cm³/mol. The maximum absolute atomic E-state index is 12.4. The van der Waals surface area contributed by atoms with Crippen LogP contribution in [0.3, 0.4) is 0 Å². The first-order valence-corrected chi connectivity index (χ1v) is 9.80. The highest BCUT2D eigenvalue weighted by molar-refractivity contribution is 6.58. The fraction of sp³-hybridized carbons (Fsp3) is 0.158. The largest absolute Gasteiger partial charge is 0.383 e. The third-order valence-electron chi connectivity index (χ3n) is 4.12. The summed E-state index contributed by atoms with van der Waals surface area (Å²) in [6.07, 6.45) is 1.75. The normalized spacial score (nSPS) is 10.7. The minimum atomic E-state index is -1.89. The summed E-state index contributed by atoms with van der Waals surface area (Å²) >= 11 is 0. The van der Waals surface area contributed by atoms with Crippen molar-refractivity contribution in [2.45, 2.75) is 13.5 Å². The number of amides is 1. The number of aryl methyl sites for hydroxylation is 1. The van der Waals surface area contributed by atoms with Crippen molar-refractivity contribution in [3.05, 3.63) is 59.0 Å². The van der Waals surface area contributed by atoms with Crippen LogP contribution >= 0.6 is 0 Å². The minimum absolute atomic E-state index is 0.0827. The van der Waals surface area contributed by atoms with Gasteiger partial charge in [0.25, 0.3) is 5.56 Å². The van der Waals surface area contributed by atoms with Crippen LogP contribution in [0.4, 0.5) is 5.69 Å². The van der Waals surface area contributed by atoms with Crippen molar-refractivity contribution in [3.63, 3.8) is 0 Å². The smallest absolute Gasteiger partial charge is 0.308 e. The van der Waals surface area contributed by atoms with Crippen molar-refractivity contribution in [1.82, 2.24) is 4.57 Å². The summed E-state index contributed by atoms with van der Waals surface area (Å²) in [5, 5.41) is 4.95. The second-order valence-electron chi connectivity index (χ2n) is 6.00. The second-order valence-corrected chi connectivity index (χ2v) is 7.69. The Morgan fingerprint density at radius 1 is 1.08 bits per heavy atom. The van der Waals surface area contributed by atoms with Gasteiger partial charge in [-0.05, 0) is 35.3 Å². The maximum Gasteiger partial charge on any atom is 0.308 e. The number of hydrogen-bond donors (Lipinski definition) is 1. The standard InChI is InChI=1S/C19H18N2O3Si/c1-12(22)20-18-9-8-13(25(3)24)10-16(18)17-11-21(2)19(23)15-7-5-4-6-14(15)17/h4-11H,1-3H3,(H,20,22). The van der Waals surface area contributed by atoms with E-state index in [-0.39, 0.29) is 11.5 Å². The molecule has 0 atom stereocenters. The Labute approximate surface area is 146 Å². The number of hydrogen-bond acceptors (Lipinski definition) is 3. The highest BCUT2D eigenvalue weighted by Crippen LogP contribution is 2.32. The van der Waals surface area contributed by atoms with Gasteiger partial charge in [0, 0.05) is 42.4 Å². The lowest BCUT2D eigenvalue weighted by molar-refractivity contribution is -0.114. The molecular weight excluding hydrogens is 332 g/mol. The number of fused-ring (bicyclic) bond motifs is 1. The van der Waals surface area contributed by atoms with Crippen LogP contribution in [0.2, 0.25) is 6.55 Å². The Bertz CT molecular complexity index is 1070. The van der Waals surface area contributed by atoms with Crippen molar-refractivity contribution < 1.29 is 9.26 Å². The van der Waals surface area contributed by atoms with Crippen molar-refractivity contribution in [1.29, 1.82) is 0 Å². The molecule has 3 rings (SSSR count). The van der Waals surface area contributed by atoms with Gasteiger partial charge in [-0.1, -0.05) is 24.3 Å². The number of anilines is 1. The molecule has 2 aromatic carbocycles. The molecule has 126 valence electrons. The zero-order valence-electron chi connectivity index (χ0n) is 14.3. The van der Waals surface area contributed by atoms with Gasteiger partial charge in [-0.25, -0.2) is 0 Å². The molecule has 1 heterocycles. The van der Waals surface area contributed by atoms with Crippen LogP contribution in [-0.2, 0) is 16.3 Å². The van der Waals surface area contributed by atoms with Crippen LogP contribution in [0.15, 0.2) is 53.5 Å². The SMILES string of the molecule is CC(=O)Nc1ccc([Si](C)=O)cc1-c1cn(C)c(=O)c2ccccc12. The lowest BCUT2D eigenvalue weighted by Gasteiger charge is -2.15. The van der Waals surface area contributed by atoms with Gasteiger partial charge in [0.1, 0.15) is 0 Å². The molecule has 1 N–H and O–H groups in total. The molecule has 25 heavy (non-hydrogen) atoms. The number of pyridine rings is 1. The molecule has 0 saturated heterocycles. The average molecular weight is 350 g/mol. The second kappa shape index (κ2) is 6.56. The van der Waals surface area contributed by atoms with Crippen molar-refractivity contribution in [3.8, 4) is 11.1 Å². The fourth-order valence-electron chi connectivity index (χ4n) is 2.92. The summed E-state index contributed by atoms with van der Waals surface area (Å²) in [7, 11) is -0.190. The van der Waals surface area contributed by atoms with E-state index in [4.69, 9.17) is 0 Å². The van der Waals surface area contributed by atoms with Gasteiger partial charge >= 0.3 is 8.68 Å². The lowest BCUT2D eigenvalue weighted by atomic mass is 9.99. The summed E-state index contributed by atoms with van der Waals surface area (Å²) in [6, 6.07) is 12.7. The highest BCUT2D eigenvalue weighted by atomic mass is 28.3. The van der Waals surface area contributed by atoms with E-state index in [0.29, 0.717) is 11.1 Å². The van der Waals surface area contributed by atoms with Crippen LogP contribution in [0.25, 0.3) is 21.9 Å². The van der Waals surface area contributed by atoms with Gasteiger partial charge in [-0.15, -0.1) is 0 Å². The van der Waals surface area contributed by atoms with E-state index in [9.17, 15) is 14.1 Å². The van der Waals surface area contributed by atoms with Crippen molar-refractivity contribution >= 4 is 36.2 Å². The first-order chi connectivity index (χ1) is 11.9. The monoisotopic (exact) mass is 350 g/mol. The number of benzene rings is 2. The number of carbonyl (C=O) groups excluding carboxylic acids is 1. The van der Waals surface area contributed by atoms with Gasteiger partial charge in [0.05, 0.1) is 0 Å². The average Bonchev–Trinajstić information content (AvgIpc) is 2.58. The van der Waals surface area contributed by atoms with Gasteiger partial charge in [-0.3, -0.25) is 9.59 Å². The first kappa shape index (κ1) is 17.0. The maximum atomic E-state index is 12.4. The molecule has 3 aromatic rings. The molecule has 0 aliphatic rings. The zero-order valence-corrected chi connectivity index (χ0v) is 15.3. The first-order valence-electron chi connectivity index (χ1n) is 7.90. The van der Waals surface area contributed by atoms with Gasteiger partial charge in [0.15, 0.2) is 0 Å². The molecule has 1 amide bonds. The Balaban J connectivity index is 2.39. The molecule has 0 spiro atoms. The molecular formula is C19H18N2O3Si. The van der Waals surface area contributed by atoms with Crippen LogP contribution < -0.4 is 16.1 Å². The summed E-state index contributed by atoms with van der Waals surface area (Å²) in [6.45, 7) is 3.12. The molecule has 0 saturated carbocycles. The van der Waals surface area contributed by atoms with E-state index in [2.05, 4.69) is 5.32 Å². The Hall–Kier alpha value is -2.86. The summed E-state index contributed by atoms with van der Waals surface area (Å²) in [5.41, 5.74) is 2.11. The molecule has 0 fully saturated rings. The molecule has 0 unspecified atom stereocenters. The van der Waals surface area contributed by atoms with Gasteiger partial charge in [0.2, 0.25) is 5.91 Å². The number of nitrogens with one attached hydrogen (secondary N) is 1. The fourth-order valence-corrected chi connectivity index (χ4v) is 3.58. The van der Waals surface area contributed by atoms with Crippen molar-refractivity contribution in [2.24, 2.45) is 7.05 Å². The quantitative estimate of drug-likeness (QED) is 0.738. The van der Waals surface area contributed by atoms with Crippen molar-refractivity contribution in [2.75, 3.05) is 5.32 Å². The van der Waals surface area contributed by atoms with Crippen LogP contribution in [0.1, 0.15) is 6.92 Å².